The molecule has 0 radical (unpaired) electrons. The highest BCUT2D eigenvalue weighted by Crippen LogP contribution is 2.32. The van der Waals surface area contributed by atoms with Gasteiger partial charge in [0.25, 0.3) is 0 Å². The van der Waals surface area contributed by atoms with Crippen molar-refractivity contribution in [3.05, 3.63) is 48.0 Å². The molecule has 1 aliphatic heterocycles. The van der Waals surface area contributed by atoms with Crippen LogP contribution in [0.25, 0.3) is 11.1 Å². The number of ether oxygens (including phenoxy) is 2. The van der Waals surface area contributed by atoms with Crippen LogP contribution < -0.4 is 9.47 Å². The van der Waals surface area contributed by atoms with Crippen molar-refractivity contribution in [2.45, 2.75) is 12.8 Å². The van der Waals surface area contributed by atoms with Crippen LogP contribution >= 0.6 is 0 Å². The van der Waals surface area contributed by atoms with Crippen LogP contribution in [0, 0.1) is 0 Å². The van der Waals surface area contributed by atoms with Gasteiger partial charge in [-0.05, 0) is 35.4 Å². The molecule has 2 aromatic carbocycles. The molecule has 0 aromatic heterocycles. The maximum Gasteiger partial charge on any atom is 0.573 e. The summed E-state index contributed by atoms with van der Waals surface area (Å²) in [6.07, 6.45) is -4.49. The summed E-state index contributed by atoms with van der Waals surface area (Å²) >= 11 is 0. The Labute approximate surface area is 117 Å². The highest BCUT2D eigenvalue weighted by molar-refractivity contribution is 5.82. The third-order valence-corrected chi connectivity index (χ3v) is 3.04. The number of fused-ring (bicyclic) bond motifs is 1. The number of rotatable bonds is 2. The van der Waals surface area contributed by atoms with Gasteiger partial charge in [-0.25, -0.2) is 0 Å². The number of benzene rings is 2. The molecule has 108 valence electrons. The molecule has 0 N–H and O–H groups in total. The lowest BCUT2D eigenvalue weighted by molar-refractivity contribution is -0.274. The fourth-order valence-electron chi connectivity index (χ4n) is 2.16. The zero-order valence-electron chi connectivity index (χ0n) is 10.6. The molecule has 0 aliphatic carbocycles. The Morgan fingerprint density at radius 3 is 2.33 bits per heavy atom. The fourth-order valence-corrected chi connectivity index (χ4v) is 2.16. The monoisotopic (exact) mass is 294 g/mol. The van der Waals surface area contributed by atoms with Gasteiger partial charge >= 0.3 is 12.3 Å². The first kappa shape index (κ1) is 13.5. The van der Waals surface area contributed by atoms with Crippen LogP contribution in [-0.2, 0) is 11.2 Å². The van der Waals surface area contributed by atoms with Gasteiger partial charge in [0, 0.05) is 5.56 Å². The van der Waals surface area contributed by atoms with Crippen LogP contribution in [0.1, 0.15) is 5.56 Å². The summed E-state index contributed by atoms with van der Waals surface area (Å²) in [7, 11) is 0. The highest BCUT2D eigenvalue weighted by atomic mass is 19.4. The molecule has 0 atom stereocenters. The summed E-state index contributed by atoms with van der Waals surface area (Å²) in [5, 5.41) is 0. The van der Waals surface area contributed by atoms with Crippen molar-refractivity contribution in [2.24, 2.45) is 0 Å². The maximum absolute atomic E-state index is 12.1. The Balaban J connectivity index is 1.85. The second-order valence-electron chi connectivity index (χ2n) is 4.55. The quantitative estimate of drug-likeness (QED) is 0.625. The average Bonchev–Trinajstić information content (AvgIpc) is 2.76. The minimum atomic E-state index is -4.70. The summed E-state index contributed by atoms with van der Waals surface area (Å²) in [5.41, 5.74) is 2.30. The molecule has 0 saturated heterocycles. The zero-order valence-corrected chi connectivity index (χ0v) is 10.6. The molecular formula is C15H9F3O3. The predicted octanol–water partition coefficient (Wildman–Crippen LogP) is 3.71. The third kappa shape index (κ3) is 2.99. The van der Waals surface area contributed by atoms with E-state index >= 15 is 0 Å². The number of halogens is 3. The van der Waals surface area contributed by atoms with E-state index in [1.807, 2.05) is 0 Å². The van der Waals surface area contributed by atoms with Gasteiger partial charge in [-0.3, -0.25) is 4.79 Å². The van der Waals surface area contributed by atoms with Crippen molar-refractivity contribution < 1.29 is 27.4 Å². The highest BCUT2D eigenvalue weighted by Gasteiger charge is 2.31. The minimum Gasteiger partial charge on any atom is -0.426 e. The molecule has 1 aliphatic rings. The molecular weight excluding hydrogens is 285 g/mol. The molecule has 3 nitrogen and oxygen atoms in total. The van der Waals surface area contributed by atoms with Gasteiger partial charge in [0.15, 0.2) is 0 Å². The van der Waals surface area contributed by atoms with E-state index in [-0.39, 0.29) is 18.1 Å². The van der Waals surface area contributed by atoms with Gasteiger partial charge in [0.1, 0.15) is 11.5 Å². The second kappa shape index (κ2) is 4.80. The van der Waals surface area contributed by atoms with E-state index in [1.54, 1.807) is 18.2 Å². The van der Waals surface area contributed by atoms with Crippen molar-refractivity contribution in [3.63, 3.8) is 0 Å². The summed E-state index contributed by atoms with van der Waals surface area (Å²) in [5.74, 6) is -0.0530. The molecule has 6 heteroatoms. The van der Waals surface area contributed by atoms with E-state index in [2.05, 4.69) is 4.74 Å². The summed E-state index contributed by atoms with van der Waals surface area (Å²) < 4.78 is 45.1. The van der Waals surface area contributed by atoms with Crippen LogP contribution in [0.2, 0.25) is 0 Å². The summed E-state index contributed by atoms with van der Waals surface area (Å²) in [6, 6.07) is 10.8. The van der Waals surface area contributed by atoms with Gasteiger partial charge in [-0.15, -0.1) is 13.2 Å². The van der Waals surface area contributed by atoms with E-state index < -0.39 is 6.36 Å². The van der Waals surface area contributed by atoms with E-state index in [0.29, 0.717) is 5.75 Å². The third-order valence-electron chi connectivity index (χ3n) is 3.04. The fraction of sp³-hybridized carbons (Fsp3) is 0.133. The largest absolute Gasteiger partial charge is 0.573 e. The van der Waals surface area contributed by atoms with E-state index in [0.717, 1.165) is 16.7 Å². The van der Waals surface area contributed by atoms with Gasteiger partial charge in [0.2, 0.25) is 0 Å². The molecule has 0 fully saturated rings. The van der Waals surface area contributed by atoms with Gasteiger partial charge < -0.3 is 9.47 Å². The first-order valence-electron chi connectivity index (χ1n) is 6.10. The van der Waals surface area contributed by atoms with Gasteiger partial charge in [-0.2, -0.15) is 0 Å². The number of hydrogen-bond donors (Lipinski definition) is 0. The molecule has 3 rings (SSSR count). The molecule has 0 spiro atoms. The van der Waals surface area contributed by atoms with Crippen molar-refractivity contribution in [1.82, 2.24) is 0 Å². The summed E-state index contributed by atoms with van der Waals surface area (Å²) in [4.78, 5) is 11.2. The van der Waals surface area contributed by atoms with E-state index in [4.69, 9.17) is 4.74 Å². The molecule has 0 saturated carbocycles. The lowest BCUT2D eigenvalue weighted by Gasteiger charge is -2.09. The molecule has 1 heterocycles. The maximum atomic E-state index is 12.1. The number of alkyl halides is 3. The van der Waals surface area contributed by atoms with Crippen molar-refractivity contribution in [3.8, 4) is 22.6 Å². The number of esters is 1. The van der Waals surface area contributed by atoms with Crippen molar-refractivity contribution >= 4 is 5.97 Å². The Kier molecular flexibility index (Phi) is 3.08. The first-order valence-corrected chi connectivity index (χ1v) is 6.10. The van der Waals surface area contributed by atoms with Crippen LogP contribution in [0.15, 0.2) is 42.5 Å². The molecule has 0 unspecified atom stereocenters. The summed E-state index contributed by atoms with van der Waals surface area (Å²) in [6.45, 7) is 0. The second-order valence-corrected chi connectivity index (χ2v) is 4.55. The molecule has 0 amide bonds. The zero-order chi connectivity index (χ0) is 15.0. The van der Waals surface area contributed by atoms with Crippen LogP contribution in [0.3, 0.4) is 0 Å². The van der Waals surface area contributed by atoms with Crippen LogP contribution in [0.4, 0.5) is 13.2 Å². The van der Waals surface area contributed by atoms with Gasteiger partial charge in [-0.1, -0.05) is 18.2 Å². The Morgan fingerprint density at radius 1 is 1.00 bits per heavy atom. The topological polar surface area (TPSA) is 35.5 Å². The average molecular weight is 294 g/mol. The first-order chi connectivity index (χ1) is 9.90. The van der Waals surface area contributed by atoms with Crippen LogP contribution in [-0.4, -0.2) is 12.3 Å². The lowest BCUT2D eigenvalue weighted by Crippen LogP contribution is -2.16. The predicted molar refractivity (Wildman–Crippen MR) is 67.9 cm³/mol. The smallest absolute Gasteiger partial charge is 0.426 e. The van der Waals surface area contributed by atoms with E-state index in [1.165, 1.54) is 24.3 Å². The van der Waals surface area contributed by atoms with Crippen molar-refractivity contribution in [1.29, 1.82) is 0 Å². The van der Waals surface area contributed by atoms with Crippen LogP contribution in [0.5, 0.6) is 11.5 Å². The standard InChI is InChI=1S/C15H9F3O3/c16-15(17,18)21-12-4-1-9(2-5-12)10-3-6-13-11(7-10)8-14(19)20-13/h1-7H,8H2. The lowest BCUT2D eigenvalue weighted by atomic mass is 10.0. The normalized spacial score (nSPS) is 13.8. The Bertz CT molecular complexity index is 690. The number of carbonyl (C=O) groups is 1. The number of carbonyl (C=O) groups excluding carboxylic acids is 1. The molecule has 21 heavy (non-hydrogen) atoms. The SMILES string of the molecule is O=C1Cc2cc(-c3ccc(OC(F)(F)F)cc3)ccc2O1. The van der Waals surface area contributed by atoms with Gasteiger partial charge in [0.05, 0.1) is 6.42 Å². The molecule has 0 bridgehead atoms. The molecule has 2 aromatic rings. The minimum absolute atomic E-state index is 0.207. The Hall–Kier alpha value is -2.50. The van der Waals surface area contributed by atoms with E-state index in [9.17, 15) is 18.0 Å². The number of hydrogen-bond acceptors (Lipinski definition) is 3. The Morgan fingerprint density at radius 2 is 1.67 bits per heavy atom. The van der Waals surface area contributed by atoms with Crippen molar-refractivity contribution in [2.75, 3.05) is 0 Å².